The zero-order chi connectivity index (χ0) is 14.0. The number of hydrogen-bond acceptors (Lipinski definition) is 3. The molecule has 2 N–H and O–H groups in total. The fraction of sp³-hybridized carbons (Fsp3) is 0.625. The third-order valence-corrected chi connectivity index (χ3v) is 4.28. The zero-order valence-electron chi connectivity index (χ0n) is 12.6. The van der Waals surface area contributed by atoms with Crippen LogP contribution < -0.4 is 5.73 Å². The second kappa shape index (κ2) is 6.04. The normalized spacial score (nSPS) is 22.5. The number of morpholine rings is 1. The maximum atomic E-state index is 6.07. The molecule has 1 aromatic carbocycles. The van der Waals surface area contributed by atoms with E-state index in [1.165, 1.54) is 22.3 Å². The number of aryl methyl sites for hydroxylation is 3. The van der Waals surface area contributed by atoms with Crippen molar-refractivity contribution in [1.29, 1.82) is 0 Å². The van der Waals surface area contributed by atoms with Crippen LogP contribution in [0.3, 0.4) is 0 Å². The van der Waals surface area contributed by atoms with Crippen LogP contribution in [0.2, 0.25) is 0 Å². The minimum Gasteiger partial charge on any atom is -0.379 e. The molecule has 1 aliphatic rings. The fourth-order valence-corrected chi connectivity index (χ4v) is 2.99. The summed E-state index contributed by atoms with van der Waals surface area (Å²) in [6, 6.07) is 5.32. The molecular weight excluding hydrogens is 236 g/mol. The molecular formula is C16H26N2O. The maximum absolute atomic E-state index is 6.07. The van der Waals surface area contributed by atoms with E-state index in [2.05, 4.69) is 44.7 Å². The number of hydrogen-bond donors (Lipinski definition) is 1. The molecule has 3 nitrogen and oxygen atoms in total. The van der Waals surface area contributed by atoms with Gasteiger partial charge in [0.2, 0.25) is 0 Å². The Bertz CT molecular complexity index is 445. The van der Waals surface area contributed by atoms with Crippen LogP contribution in [0.25, 0.3) is 0 Å². The highest BCUT2D eigenvalue weighted by Crippen LogP contribution is 2.28. The van der Waals surface area contributed by atoms with E-state index in [1.807, 2.05) is 0 Å². The lowest BCUT2D eigenvalue weighted by atomic mass is 9.94. The Morgan fingerprint density at radius 2 is 1.95 bits per heavy atom. The maximum Gasteiger partial charge on any atom is 0.0620 e. The van der Waals surface area contributed by atoms with Gasteiger partial charge in [0.05, 0.1) is 13.2 Å². The number of nitrogens with zero attached hydrogens (tertiary/aromatic N) is 1. The molecule has 3 heteroatoms. The third kappa shape index (κ3) is 2.99. The van der Waals surface area contributed by atoms with E-state index in [9.17, 15) is 0 Å². The van der Waals surface area contributed by atoms with Crippen molar-refractivity contribution in [3.8, 4) is 0 Å². The number of ether oxygens (including phenoxy) is 1. The van der Waals surface area contributed by atoms with Gasteiger partial charge in [0.25, 0.3) is 0 Å². The summed E-state index contributed by atoms with van der Waals surface area (Å²) in [4.78, 5) is 2.49. The predicted molar refractivity (Wildman–Crippen MR) is 79.4 cm³/mol. The average molecular weight is 262 g/mol. The summed E-state index contributed by atoms with van der Waals surface area (Å²) in [5.74, 6) is 0. The lowest BCUT2D eigenvalue weighted by molar-refractivity contribution is -0.0210. The standard InChI is InChI=1S/C16H26N2O/c1-11-7-13(3)15(8-12(11)2)16(9-17)18-5-6-19-10-14(18)4/h7-8,14,16H,5-6,9-10,17H2,1-4H3. The van der Waals surface area contributed by atoms with Crippen molar-refractivity contribution in [2.45, 2.75) is 39.8 Å². The minimum atomic E-state index is 0.304. The van der Waals surface area contributed by atoms with Crippen LogP contribution in [-0.4, -0.2) is 37.2 Å². The van der Waals surface area contributed by atoms with Crippen molar-refractivity contribution in [2.24, 2.45) is 5.73 Å². The molecule has 0 bridgehead atoms. The van der Waals surface area contributed by atoms with E-state index in [1.54, 1.807) is 0 Å². The van der Waals surface area contributed by atoms with E-state index in [4.69, 9.17) is 10.5 Å². The van der Waals surface area contributed by atoms with Gasteiger partial charge in [0, 0.05) is 25.2 Å². The van der Waals surface area contributed by atoms with Crippen LogP contribution in [-0.2, 0) is 4.74 Å². The first-order chi connectivity index (χ1) is 9.04. The van der Waals surface area contributed by atoms with Crippen molar-refractivity contribution in [3.63, 3.8) is 0 Å². The van der Waals surface area contributed by atoms with E-state index in [0.29, 0.717) is 18.6 Å². The molecule has 0 aromatic heterocycles. The summed E-state index contributed by atoms with van der Waals surface area (Å²) in [6.45, 7) is 12.0. The van der Waals surface area contributed by atoms with Gasteiger partial charge in [-0.25, -0.2) is 0 Å². The molecule has 2 rings (SSSR count). The molecule has 1 heterocycles. The van der Waals surface area contributed by atoms with E-state index < -0.39 is 0 Å². The van der Waals surface area contributed by atoms with Crippen molar-refractivity contribution < 1.29 is 4.74 Å². The lowest BCUT2D eigenvalue weighted by Crippen LogP contribution is -2.47. The van der Waals surface area contributed by atoms with Crippen molar-refractivity contribution in [3.05, 3.63) is 34.4 Å². The molecule has 2 atom stereocenters. The monoisotopic (exact) mass is 262 g/mol. The highest BCUT2D eigenvalue weighted by molar-refractivity contribution is 5.38. The number of rotatable bonds is 3. The highest BCUT2D eigenvalue weighted by atomic mass is 16.5. The molecule has 0 saturated carbocycles. The summed E-state index contributed by atoms with van der Waals surface area (Å²) in [5.41, 5.74) is 11.5. The van der Waals surface area contributed by atoms with Gasteiger partial charge in [-0.3, -0.25) is 4.90 Å². The van der Waals surface area contributed by atoms with Crippen LogP contribution >= 0.6 is 0 Å². The second-order valence-corrected chi connectivity index (χ2v) is 5.71. The van der Waals surface area contributed by atoms with E-state index in [-0.39, 0.29) is 0 Å². The largest absolute Gasteiger partial charge is 0.379 e. The van der Waals surface area contributed by atoms with Gasteiger partial charge in [-0.2, -0.15) is 0 Å². The smallest absolute Gasteiger partial charge is 0.0620 e. The van der Waals surface area contributed by atoms with Gasteiger partial charge in [0.1, 0.15) is 0 Å². The molecule has 1 aliphatic heterocycles. The molecule has 0 amide bonds. The molecule has 1 saturated heterocycles. The topological polar surface area (TPSA) is 38.5 Å². The Balaban J connectivity index is 2.33. The Labute approximate surface area is 116 Å². The quantitative estimate of drug-likeness (QED) is 0.908. The molecule has 1 fully saturated rings. The number of nitrogens with two attached hydrogens (primary N) is 1. The highest BCUT2D eigenvalue weighted by Gasteiger charge is 2.27. The average Bonchev–Trinajstić information content (AvgIpc) is 2.38. The first-order valence-electron chi connectivity index (χ1n) is 7.16. The van der Waals surface area contributed by atoms with Gasteiger partial charge in [-0.15, -0.1) is 0 Å². The Hall–Kier alpha value is -0.900. The van der Waals surface area contributed by atoms with Gasteiger partial charge in [-0.1, -0.05) is 12.1 Å². The lowest BCUT2D eigenvalue weighted by Gasteiger charge is -2.39. The number of benzene rings is 1. The van der Waals surface area contributed by atoms with Crippen LogP contribution in [0.4, 0.5) is 0 Å². The second-order valence-electron chi connectivity index (χ2n) is 5.71. The predicted octanol–water partition coefficient (Wildman–Crippen LogP) is 2.33. The van der Waals surface area contributed by atoms with E-state index >= 15 is 0 Å². The Kier molecular flexibility index (Phi) is 4.61. The third-order valence-electron chi connectivity index (χ3n) is 4.28. The Morgan fingerprint density at radius 3 is 2.58 bits per heavy atom. The molecule has 106 valence electrons. The Morgan fingerprint density at radius 1 is 1.26 bits per heavy atom. The molecule has 1 aromatic rings. The van der Waals surface area contributed by atoms with Crippen molar-refractivity contribution in [1.82, 2.24) is 4.90 Å². The minimum absolute atomic E-state index is 0.304. The molecule has 19 heavy (non-hydrogen) atoms. The first-order valence-corrected chi connectivity index (χ1v) is 7.16. The molecule has 2 unspecified atom stereocenters. The summed E-state index contributed by atoms with van der Waals surface area (Å²) >= 11 is 0. The molecule has 0 radical (unpaired) electrons. The van der Waals surface area contributed by atoms with Crippen LogP contribution in [0, 0.1) is 20.8 Å². The fourth-order valence-electron chi connectivity index (χ4n) is 2.99. The summed E-state index contributed by atoms with van der Waals surface area (Å²) in [7, 11) is 0. The molecule has 0 aliphatic carbocycles. The van der Waals surface area contributed by atoms with Gasteiger partial charge in [0.15, 0.2) is 0 Å². The summed E-state index contributed by atoms with van der Waals surface area (Å²) in [5, 5.41) is 0. The zero-order valence-corrected chi connectivity index (χ0v) is 12.6. The van der Waals surface area contributed by atoms with E-state index in [0.717, 1.165) is 19.8 Å². The SMILES string of the molecule is Cc1cc(C)c(C(CN)N2CCOCC2C)cc1C. The van der Waals surface area contributed by atoms with Gasteiger partial charge >= 0.3 is 0 Å². The van der Waals surface area contributed by atoms with Crippen LogP contribution in [0.1, 0.15) is 35.2 Å². The van der Waals surface area contributed by atoms with Crippen LogP contribution in [0.5, 0.6) is 0 Å². The van der Waals surface area contributed by atoms with Crippen LogP contribution in [0.15, 0.2) is 12.1 Å². The van der Waals surface area contributed by atoms with Crippen molar-refractivity contribution in [2.75, 3.05) is 26.3 Å². The first kappa shape index (κ1) is 14.5. The summed E-state index contributed by atoms with van der Waals surface area (Å²) < 4.78 is 5.53. The van der Waals surface area contributed by atoms with Gasteiger partial charge < -0.3 is 10.5 Å². The van der Waals surface area contributed by atoms with Gasteiger partial charge in [-0.05, 0) is 49.9 Å². The summed E-state index contributed by atoms with van der Waals surface area (Å²) in [6.07, 6.45) is 0. The van der Waals surface area contributed by atoms with Crippen molar-refractivity contribution >= 4 is 0 Å². The molecule has 0 spiro atoms.